The van der Waals surface area contributed by atoms with Crippen molar-refractivity contribution in [3.8, 4) is 5.75 Å². The van der Waals surface area contributed by atoms with Crippen molar-refractivity contribution in [2.45, 2.75) is 25.7 Å². The Morgan fingerprint density at radius 2 is 1.96 bits per heavy atom. The van der Waals surface area contributed by atoms with Gasteiger partial charge in [-0.1, -0.05) is 18.2 Å². The van der Waals surface area contributed by atoms with Crippen molar-refractivity contribution in [2.24, 2.45) is 11.1 Å². The van der Waals surface area contributed by atoms with Gasteiger partial charge in [0, 0.05) is 31.9 Å². The molecule has 0 spiro atoms. The predicted molar refractivity (Wildman–Crippen MR) is 76.5 cm³/mol. The molecule has 0 radical (unpaired) electrons. The monoisotopic (exact) mass is 332 g/mol. The van der Waals surface area contributed by atoms with Gasteiger partial charge in [0.05, 0.1) is 5.41 Å². The van der Waals surface area contributed by atoms with E-state index in [4.69, 9.17) is 10.5 Å². The number of amides is 1. The summed E-state index contributed by atoms with van der Waals surface area (Å²) >= 11 is 0. The molecule has 128 valence electrons. The van der Waals surface area contributed by atoms with Crippen molar-refractivity contribution >= 4 is 5.91 Å². The Balaban J connectivity index is 2.04. The van der Waals surface area contributed by atoms with Crippen LogP contribution in [-0.4, -0.2) is 32.0 Å². The van der Waals surface area contributed by atoms with Gasteiger partial charge in [-0.2, -0.15) is 0 Å². The molecular weight excluding hydrogens is 313 g/mol. The summed E-state index contributed by atoms with van der Waals surface area (Å²) in [6.07, 6.45) is -3.79. The Hall–Kier alpha value is -1.80. The number of nitrogens with two attached hydrogens (primary N) is 1. The molecule has 0 unspecified atom stereocenters. The van der Waals surface area contributed by atoms with Crippen LogP contribution in [-0.2, 0) is 16.1 Å². The van der Waals surface area contributed by atoms with Crippen molar-refractivity contribution in [1.82, 2.24) is 5.32 Å². The van der Waals surface area contributed by atoms with Crippen molar-refractivity contribution in [2.75, 3.05) is 19.8 Å². The molecule has 8 heteroatoms. The third-order valence-corrected chi connectivity index (χ3v) is 3.96. The summed E-state index contributed by atoms with van der Waals surface area (Å²) in [5.41, 5.74) is 5.25. The molecule has 0 bridgehead atoms. The second-order valence-corrected chi connectivity index (χ2v) is 5.44. The number of carbonyl (C=O) groups excluding carboxylic acids is 1. The molecule has 1 aromatic carbocycles. The highest BCUT2D eigenvalue weighted by molar-refractivity contribution is 5.83. The van der Waals surface area contributed by atoms with Gasteiger partial charge in [-0.25, -0.2) is 0 Å². The predicted octanol–water partition coefficient (Wildman–Crippen LogP) is 1.96. The van der Waals surface area contributed by atoms with Gasteiger partial charge in [0.1, 0.15) is 5.75 Å². The molecule has 1 fully saturated rings. The molecule has 0 saturated carbocycles. The number of nitrogens with one attached hydrogen (secondary N) is 1. The average molecular weight is 332 g/mol. The topological polar surface area (TPSA) is 73.6 Å². The number of ether oxygens (including phenoxy) is 2. The van der Waals surface area contributed by atoms with E-state index in [0.29, 0.717) is 26.1 Å². The molecule has 0 aliphatic carbocycles. The minimum atomic E-state index is -4.78. The summed E-state index contributed by atoms with van der Waals surface area (Å²) in [6.45, 7) is 0.993. The maximum Gasteiger partial charge on any atom is 0.573 e. The van der Waals surface area contributed by atoms with E-state index in [1.807, 2.05) is 0 Å². The lowest BCUT2D eigenvalue weighted by Gasteiger charge is -2.34. The molecule has 0 atom stereocenters. The fraction of sp³-hybridized carbons (Fsp3) is 0.533. The van der Waals surface area contributed by atoms with Crippen LogP contribution in [0, 0.1) is 5.41 Å². The number of carbonyl (C=O) groups is 1. The first kappa shape index (κ1) is 17.6. The van der Waals surface area contributed by atoms with E-state index in [2.05, 4.69) is 10.1 Å². The molecule has 1 saturated heterocycles. The quantitative estimate of drug-likeness (QED) is 0.864. The van der Waals surface area contributed by atoms with Crippen molar-refractivity contribution < 1.29 is 27.4 Å². The van der Waals surface area contributed by atoms with Gasteiger partial charge in [-0.15, -0.1) is 13.2 Å². The van der Waals surface area contributed by atoms with Crippen LogP contribution in [0.3, 0.4) is 0 Å². The molecule has 1 heterocycles. The van der Waals surface area contributed by atoms with Gasteiger partial charge in [0.15, 0.2) is 0 Å². The van der Waals surface area contributed by atoms with E-state index >= 15 is 0 Å². The first-order valence-electron chi connectivity index (χ1n) is 7.26. The zero-order valence-electron chi connectivity index (χ0n) is 12.5. The lowest BCUT2D eigenvalue weighted by Crippen LogP contribution is -2.49. The zero-order valence-corrected chi connectivity index (χ0v) is 12.5. The van der Waals surface area contributed by atoms with Crippen LogP contribution < -0.4 is 15.8 Å². The first-order valence-corrected chi connectivity index (χ1v) is 7.26. The van der Waals surface area contributed by atoms with Crippen LogP contribution >= 0.6 is 0 Å². The Morgan fingerprint density at radius 3 is 2.57 bits per heavy atom. The summed E-state index contributed by atoms with van der Waals surface area (Å²) in [4.78, 5) is 12.4. The molecule has 23 heavy (non-hydrogen) atoms. The smallest absolute Gasteiger partial charge is 0.405 e. The summed E-state index contributed by atoms with van der Waals surface area (Å²) in [7, 11) is 0. The van der Waals surface area contributed by atoms with Crippen LogP contribution in [0.5, 0.6) is 5.75 Å². The summed E-state index contributed by atoms with van der Waals surface area (Å²) in [5, 5.41) is 2.66. The SMILES string of the molecule is NCC1(C(=O)NCc2ccccc2OC(F)(F)F)CCOCC1. The van der Waals surface area contributed by atoms with E-state index in [-0.39, 0.29) is 30.3 Å². The van der Waals surface area contributed by atoms with Crippen molar-refractivity contribution in [3.05, 3.63) is 29.8 Å². The van der Waals surface area contributed by atoms with Crippen molar-refractivity contribution in [1.29, 1.82) is 0 Å². The third-order valence-electron chi connectivity index (χ3n) is 3.96. The summed E-state index contributed by atoms with van der Waals surface area (Å²) in [6, 6.07) is 5.70. The molecule has 1 aliphatic rings. The van der Waals surface area contributed by atoms with E-state index in [1.165, 1.54) is 18.2 Å². The number of hydrogen-bond acceptors (Lipinski definition) is 4. The molecule has 1 amide bonds. The number of benzene rings is 1. The summed E-state index contributed by atoms with van der Waals surface area (Å²) < 4.78 is 46.4. The highest BCUT2D eigenvalue weighted by atomic mass is 19.4. The molecule has 2 rings (SSSR count). The molecular formula is C15H19F3N2O3. The largest absolute Gasteiger partial charge is 0.573 e. The van der Waals surface area contributed by atoms with Crippen LogP contribution in [0.1, 0.15) is 18.4 Å². The maximum absolute atomic E-state index is 12.4. The van der Waals surface area contributed by atoms with Crippen LogP contribution in [0.15, 0.2) is 24.3 Å². The van der Waals surface area contributed by atoms with Gasteiger partial charge in [0.2, 0.25) is 5.91 Å². The second-order valence-electron chi connectivity index (χ2n) is 5.44. The normalized spacial score (nSPS) is 17.6. The molecule has 5 nitrogen and oxygen atoms in total. The number of halogens is 3. The van der Waals surface area contributed by atoms with E-state index < -0.39 is 11.8 Å². The van der Waals surface area contributed by atoms with Gasteiger partial charge >= 0.3 is 6.36 Å². The number of para-hydroxylation sites is 1. The van der Waals surface area contributed by atoms with E-state index in [0.717, 1.165) is 0 Å². The first-order chi connectivity index (χ1) is 10.9. The third kappa shape index (κ3) is 4.59. The highest BCUT2D eigenvalue weighted by Gasteiger charge is 2.38. The maximum atomic E-state index is 12.4. The zero-order chi connectivity index (χ0) is 16.9. The van der Waals surface area contributed by atoms with E-state index in [1.54, 1.807) is 6.07 Å². The van der Waals surface area contributed by atoms with Crippen LogP contribution in [0.4, 0.5) is 13.2 Å². The molecule has 3 N–H and O–H groups in total. The fourth-order valence-electron chi connectivity index (χ4n) is 2.52. The minimum Gasteiger partial charge on any atom is -0.405 e. The van der Waals surface area contributed by atoms with Gasteiger partial charge in [0.25, 0.3) is 0 Å². The standard InChI is InChI=1S/C15H19F3N2O3/c16-15(17,18)23-12-4-2-1-3-11(12)9-20-13(21)14(10-19)5-7-22-8-6-14/h1-4H,5-10,19H2,(H,20,21). The lowest BCUT2D eigenvalue weighted by atomic mass is 9.79. The van der Waals surface area contributed by atoms with Crippen LogP contribution in [0.2, 0.25) is 0 Å². The number of rotatable bonds is 5. The molecule has 1 aliphatic heterocycles. The fourth-order valence-corrected chi connectivity index (χ4v) is 2.52. The number of hydrogen-bond donors (Lipinski definition) is 2. The number of alkyl halides is 3. The Morgan fingerprint density at radius 1 is 1.30 bits per heavy atom. The summed E-state index contributed by atoms with van der Waals surface area (Å²) in [5.74, 6) is -0.598. The van der Waals surface area contributed by atoms with Gasteiger partial charge in [-0.3, -0.25) is 4.79 Å². The van der Waals surface area contributed by atoms with Crippen molar-refractivity contribution in [3.63, 3.8) is 0 Å². The average Bonchev–Trinajstić information content (AvgIpc) is 2.53. The van der Waals surface area contributed by atoms with Gasteiger partial charge in [-0.05, 0) is 18.9 Å². The van der Waals surface area contributed by atoms with E-state index in [9.17, 15) is 18.0 Å². The van der Waals surface area contributed by atoms with Gasteiger partial charge < -0.3 is 20.5 Å². The Bertz CT molecular complexity index is 543. The minimum absolute atomic E-state index is 0.0618. The molecule has 1 aromatic rings. The lowest BCUT2D eigenvalue weighted by molar-refractivity contribution is -0.274. The van der Waals surface area contributed by atoms with Crippen LogP contribution in [0.25, 0.3) is 0 Å². The molecule has 0 aromatic heterocycles. The highest BCUT2D eigenvalue weighted by Crippen LogP contribution is 2.30. The Labute approximate surface area is 131 Å². The Kier molecular flexibility index (Phi) is 5.48. The second kappa shape index (κ2) is 7.18.